The van der Waals surface area contributed by atoms with E-state index in [2.05, 4.69) is 38.3 Å². The fraction of sp³-hybridized carbons (Fsp3) is 1.00. The molecule has 168 valence electrons. The minimum atomic E-state index is -0.579. The molecule has 0 spiro atoms. The lowest BCUT2D eigenvalue weighted by Gasteiger charge is -2.63. The lowest BCUT2D eigenvalue weighted by atomic mass is 9.43. The standard InChI is InChI=1S/C24H44N2O3/c1-22-11-8-18(27)16-17(22)6-7-20-19(22)9-12-23(2)21(10-13-24(20,23)28)25-29-15-5-14-26(3)4/h17-21,25,27-28H,5-16H2,1-4H3/t17?,18?,19-,20-,21?,22+,23-,24-/m1/s1. The van der Waals surface area contributed by atoms with Crippen LogP contribution < -0.4 is 5.48 Å². The second kappa shape index (κ2) is 8.05. The van der Waals surface area contributed by atoms with Gasteiger partial charge in [0, 0.05) is 11.5 Å². The predicted molar refractivity (Wildman–Crippen MR) is 115 cm³/mol. The Hall–Kier alpha value is -0.200. The molecule has 4 fully saturated rings. The number of aliphatic hydroxyl groups is 2. The Morgan fingerprint density at radius 2 is 1.79 bits per heavy atom. The highest BCUT2D eigenvalue weighted by Crippen LogP contribution is 2.67. The van der Waals surface area contributed by atoms with Gasteiger partial charge in [-0.15, -0.1) is 0 Å². The molecule has 0 aromatic carbocycles. The van der Waals surface area contributed by atoms with Gasteiger partial charge in [-0.3, -0.25) is 0 Å². The fourth-order valence-corrected chi connectivity index (χ4v) is 8.00. The van der Waals surface area contributed by atoms with Crippen molar-refractivity contribution >= 4 is 0 Å². The van der Waals surface area contributed by atoms with E-state index in [1.54, 1.807) is 0 Å². The summed E-state index contributed by atoms with van der Waals surface area (Å²) in [5.41, 5.74) is 2.99. The lowest BCUT2D eigenvalue weighted by molar-refractivity contribution is -0.211. The van der Waals surface area contributed by atoms with Crippen molar-refractivity contribution in [2.45, 2.75) is 95.8 Å². The molecule has 29 heavy (non-hydrogen) atoms. The van der Waals surface area contributed by atoms with Gasteiger partial charge in [-0.2, -0.15) is 5.48 Å². The third kappa shape index (κ3) is 3.59. The molecule has 4 saturated carbocycles. The highest BCUT2D eigenvalue weighted by molar-refractivity contribution is 5.18. The largest absolute Gasteiger partial charge is 0.393 e. The van der Waals surface area contributed by atoms with E-state index in [1.807, 2.05) is 0 Å². The SMILES string of the molecule is CN(C)CCCONC1CC[C@@]2(O)[C@@H]3CCC4CC(O)CC[C@]4(C)[C@@H]3CC[C@]12C. The van der Waals surface area contributed by atoms with Crippen LogP contribution in [0.1, 0.15) is 78.1 Å². The van der Waals surface area contributed by atoms with Crippen molar-refractivity contribution in [2.24, 2.45) is 28.6 Å². The summed E-state index contributed by atoms with van der Waals surface area (Å²) in [6, 6.07) is 0.242. The summed E-state index contributed by atoms with van der Waals surface area (Å²) >= 11 is 0. The molecule has 3 N–H and O–H groups in total. The number of fused-ring (bicyclic) bond motifs is 5. The summed E-state index contributed by atoms with van der Waals surface area (Å²) in [4.78, 5) is 8.05. The maximum absolute atomic E-state index is 12.1. The van der Waals surface area contributed by atoms with Crippen molar-refractivity contribution in [2.75, 3.05) is 27.2 Å². The molecule has 5 heteroatoms. The van der Waals surface area contributed by atoms with Crippen LogP contribution in [-0.2, 0) is 4.84 Å². The van der Waals surface area contributed by atoms with E-state index in [9.17, 15) is 10.2 Å². The van der Waals surface area contributed by atoms with Gasteiger partial charge in [-0.25, -0.2) is 0 Å². The quantitative estimate of drug-likeness (QED) is 0.465. The smallest absolute Gasteiger partial charge is 0.0748 e. The number of hydrogen-bond acceptors (Lipinski definition) is 5. The Labute approximate surface area is 177 Å². The molecule has 8 atom stereocenters. The van der Waals surface area contributed by atoms with E-state index in [4.69, 9.17) is 4.84 Å². The first-order valence-electron chi connectivity index (χ1n) is 12.1. The number of hydroxylamine groups is 1. The third-order valence-electron chi connectivity index (χ3n) is 9.90. The van der Waals surface area contributed by atoms with Gasteiger partial charge in [0.1, 0.15) is 0 Å². The molecule has 4 aliphatic rings. The number of nitrogens with one attached hydrogen (secondary N) is 1. The van der Waals surface area contributed by atoms with E-state index in [0.29, 0.717) is 23.2 Å². The van der Waals surface area contributed by atoms with Crippen LogP contribution in [0, 0.1) is 28.6 Å². The normalized spacial score (nSPS) is 49.6. The average molecular weight is 409 g/mol. The first-order valence-corrected chi connectivity index (χ1v) is 12.1. The van der Waals surface area contributed by atoms with Crippen LogP contribution in [-0.4, -0.2) is 60.1 Å². The zero-order valence-electron chi connectivity index (χ0n) is 19.1. The molecule has 4 rings (SSSR count). The van der Waals surface area contributed by atoms with Crippen LogP contribution in [0.5, 0.6) is 0 Å². The van der Waals surface area contributed by atoms with Crippen molar-refractivity contribution in [3.63, 3.8) is 0 Å². The van der Waals surface area contributed by atoms with Gasteiger partial charge in [0.05, 0.1) is 18.3 Å². The van der Waals surface area contributed by atoms with Gasteiger partial charge < -0.3 is 20.0 Å². The monoisotopic (exact) mass is 408 g/mol. The first-order chi connectivity index (χ1) is 13.7. The topological polar surface area (TPSA) is 65.0 Å². The highest BCUT2D eigenvalue weighted by Gasteiger charge is 2.67. The molecule has 0 radical (unpaired) electrons. The summed E-state index contributed by atoms with van der Waals surface area (Å²) in [5, 5.41) is 22.3. The Morgan fingerprint density at radius 3 is 2.55 bits per heavy atom. The maximum Gasteiger partial charge on any atom is 0.0748 e. The zero-order chi connectivity index (χ0) is 20.9. The summed E-state index contributed by atoms with van der Waals surface area (Å²) < 4.78 is 0. The number of nitrogens with zero attached hydrogens (tertiary/aromatic N) is 1. The average Bonchev–Trinajstić information content (AvgIpc) is 2.93. The van der Waals surface area contributed by atoms with Gasteiger partial charge >= 0.3 is 0 Å². The predicted octanol–water partition coefficient (Wildman–Crippen LogP) is 3.35. The Bertz CT molecular complexity index is 586. The Kier molecular flexibility index (Phi) is 6.11. The maximum atomic E-state index is 12.1. The minimum Gasteiger partial charge on any atom is -0.393 e. The van der Waals surface area contributed by atoms with Crippen LogP contribution in [0.2, 0.25) is 0 Å². The van der Waals surface area contributed by atoms with Crippen LogP contribution in [0.15, 0.2) is 0 Å². The summed E-state index contributed by atoms with van der Waals surface area (Å²) in [7, 11) is 4.18. The van der Waals surface area contributed by atoms with Crippen molar-refractivity contribution in [1.29, 1.82) is 0 Å². The lowest BCUT2D eigenvalue weighted by Crippen LogP contribution is -2.64. The van der Waals surface area contributed by atoms with Gasteiger partial charge in [0.15, 0.2) is 0 Å². The molecule has 0 aromatic rings. The summed E-state index contributed by atoms with van der Waals surface area (Å²) in [6.07, 6.45) is 10.4. The minimum absolute atomic E-state index is 0.104. The van der Waals surface area contributed by atoms with Crippen molar-refractivity contribution < 1.29 is 15.1 Å². The summed E-state index contributed by atoms with van der Waals surface area (Å²) in [5.74, 6) is 1.64. The zero-order valence-corrected chi connectivity index (χ0v) is 19.1. The van der Waals surface area contributed by atoms with Crippen molar-refractivity contribution in [1.82, 2.24) is 10.4 Å². The van der Waals surface area contributed by atoms with Crippen molar-refractivity contribution in [3.05, 3.63) is 0 Å². The van der Waals surface area contributed by atoms with Gasteiger partial charge in [0.25, 0.3) is 0 Å². The second-order valence-electron chi connectivity index (χ2n) is 11.5. The highest BCUT2D eigenvalue weighted by atomic mass is 16.6. The number of rotatable bonds is 6. The van der Waals surface area contributed by atoms with E-state index < -0.39 is 5.60 Å². The third-order valence-corrected chi connectivity index (χ3v) is 9.90. The van der Waals surface area contributed by atoms with Crippen LogP contribution in [0.25, 0.3) is 0 Å². The Balaban J connectivity index is 1.44. The van der Waals surface area contributed by atoms with Gasteiger partial charge in [-0.1, -0.05) is 13.8 Å². The molecule has 4 aliphatic carbocycles. The van der Waals surface area contributed by atoms with E-state index in [0.717, 1.165) is 64.5 Å². The molecular formula is C24H44N2O3. The van der Waals surface area contributed by atoms with E-state index >= 15 is 0 Å². The molecule has 0 saturated heterocycles. The molecule has 0 aliphatic heterocycles. The van der Waals surface area contributed by atoms with E-state index in [-0.39, 0.29) is 17.6 Å². The summed E-state index contributed by atoms with van der Waals surface area (Å²) in [6.45, 7) is 6.55. The van der Waals surface area contributed by atoms with E-state index in [1.165, 1.54) is 12.8 Å². The molecule has 0 bridgehead atoms. The number of aliphatic hydroxyl groups excluding tert-OH is 1. The molecule has 5 nitrogen and oxygen atoms in total. The molecule has 0 heterocycles. The number of hydrogen-bond donors (Lipinski definition) is 3. The fourth-order valence-electron chi connectivity index (χ4n) is 8.00. The second-order valence-corrected chi connectivity index (χ2v) is 11.5. The molecule has 3 unspecified atom stereocenters. The van der Waals surface area contributed by atoms with Gasteiger partial charge in [-0.05, 0) is 108 Å². The Morgan fingerprint density at radius 1 is 1.00 bits per heavy atom. The van der Waals surface area contributed by atoms with Crippen LogP contribution >= 0.6 is 0 Å². The van der Waals surface area contributed by atoms with Crippen molar-refractivity contribution in [3.8, 4) is 0 Å². The molecule has 0 aromatic heterocycles. The molecular weight excluding hydrogens is 364 g/mol. The van der Waals surface area contributed by atoms with Crippen LogP contribution in [0.4, 0.5) is 0 Å². The molecule has 0 amide bonds. The first kappa shape index (κ1) is 22.0. The van der Waals surface area contributed by atoms with Crippen LogP contribution in [0.3, 0.4) is 0 Å². The van der Waals surface area contributed by atoms with Gasteiger partial charge in [0.2, 0.25) is 0 Å².